The van der Waals surface area contributed by atoms with Crippen LogP contribution < -0.4 is 11.5 Å². The Balaban J connectivity index is 1.92. The zero-order valence-electron chi connectivity index (χ0n) is 12.4. The van der Waals surface area contributed by atoms with Gasteiger partial charge in [0.25, 0.3) is 0 Å². The van der Waals surface area contributed by atoms with E-state index in [1.54, 1.807) is 0 Å². The van der Waals surface area contributed by atoms with Gasteiger partial charge in [-0.1, -0.05) is 12.8 Å². The lowest BCUT2D eigenvalue weighted by Crippen LogP contribution is -2.55. The van der Waals surface area contributed by atoms with Crippen LogP contribution in [0, 0.1) is 5.92 Å². The molecule has 4 heteroatoms. The summed E-state index contributed by atoms with van der Waals surface area (Å²) in [6.45, 7) is 5.68. The molecule has 1 aliphatic heterocycles. The van der Waals surface area contributed by atoms with Crippen LogP contribution in [0.15, 0.2) is 0 Å². The van der Waals surface area contributed by atoms with Crippen molar-refractivity contribution in [2.75, 3.05) is 6.54 Å². The van der Waals surface area contributed by atoms with E-state index in [2.05, 4.69) is 18.7 Å². The Labute approximate surface area is 116 Å². The summed E-state index contributed by atoms with van der Waals surface area (Å²) in [7, 11) is 0. The Kier molecular flexibility index (Phi) is 4.51. The minimum Gasteiger partial charge on any atom is -0.368 e. The first-order valence-corrected chi connectivity index (χ1v) is 7.79. The highest BCUT2D eigenvalue weighted by Gasteiger charge is 2.44. The molecule has 0 aromatic heterocycles. The van der Waals surface area contributed by atoms with Crippen molar-refractivity contribution in [2.24, 2.45) is 17.4 Å². The number of piperidine rings is 1. The van der Waals surface area contributed by atoms with Crippen LogP contribution in [0.2, 0.25) is 0 Å². The third-order valence-electron chi connectivity index (χ3n) is 5.44. The third-order valence-corrected chi connectivity index (χ3v) is 5.44. The van der Waals surface area contributed by atoms with E-state index < -0.39 is 5.54 Å². The number of primary amides is 1. The number of nitrogens with zero attached hydrogens (tertiary/aromatic N) is 1. The maximum atomic E-state index is 11.6. The number of carbonyl (C=O) groups is 1. The zero-order chi connectivity index (χ0) is 14.0. The minimum absolute atomic E-state index is 0.270. The van der Waals surface area contributed by atoms with Gasteiger partial charge in [-0.05, 0) is 58.4 Å². The highest BCUT2D eigenvalue weighted by atomic mass is 16.1. The average molecular weight is 267 g/mol. The van der Waals surface area contributed by atoms with Gasteiger partial charge in [0.1, 0.15) is 0 Å². The van der Waals surface area contributed by atoms with Gasteiger partial charge >= 0.3 is 0 Å². The van der Waals surface area contributed by atoms with Crippen molar-refractivity contribution in [3.8, 4) is 0 Å². The maximum absolute atomic E-state index is 11.6. The van der Waals surface area contributed by atoms with E-state index in [0.29, 0.717) is 12.1 Å². The molecule has 4 N–H and O–H groups in total. The molecule has 1 saturated carbocycles. The van der Waals surface area contributed by atoms with Crippen molar-refractivity contribution in [2.45, 2.75) is 76.4 Å². The molecule has 0 bridgehead atoms. The van der Waals surface area contributed by atoms with Gasteiger partial charge in [0.2, 0.25) is 5.91 Å². The molecular weight excluding hydrogens is 238 g/mol. The van der Waals surface area contributed by atoms with Crippen LogP contribution in [0.1, 0.15) is 58.8 Å². The standard InChI is InChI=1S/C15H29N3O/c1-11-5-3-6-12(2)18(11)10-8-13-7-4-9-15(13,17)14(16)19/h11-13H,3-10,17H2,1-2H3,(H2,16,19). The summed E-state index contributed by atoms with van der Waals surface area (Å²) in [5.41, 5.74) is 11.0. The average Bonchev–Trinajstić information content (AvgIpc) is 2.72. The van der Waals surface area contributed by atoms with Crippen LogP contribution in [0.4, 0.5) is 0 Å². The quantitative estimate of drug-likeness (QED) is 0.813. The normalized spacial score (nSPS) is 40.5. The maximum Gasteiger partial charge on any atom is 0.237 e. The van der Waals surface area contributed by atoms with E-state index >= 15 is 0 Å². The molecule has 2 rings (SSSR count). The summed E-state index contributed by atoms with van der Waals surface area (Å²) in [6.07, 6.45) is 7.78. The topological polar surface area (TPSA) is 72.3 Å². The van der Waals surface area contributed by atoms with Gasteiger partial charge in [0, 0.05) is 12.1 Å². The number of hydrogen-bond donors (Lipinski definition) is 2. The van der Waals surface area contributed by atoms with Gasteiger partial charge in [-0.2, -0.15) is 0 Å². The fourth-order valence-electron chi connectivity index (χ4n) is 4.05. The van der Waals surface area contributed by atoms with Crippen LogP contribution >= 0.6 is 0 Å². The van der Waals surface area contributed by atoms with Crippen molar-refractivity contribution in [1.82, 2.24) is 4.90 Å². The van der Waals surface area contributed by atoms with Gasteiger partial charge in [-0.3, -0.25) is 9.69 Å². The molecule has 0 aromatic rings. The van der Waals surface area contributed by atoms with Crippen LogP contribution in [0.25, 0.3) is 0 Å². The molecule has 110 valence electrons. The van der Waals surface area contributed by atoms with E-state index in [1.807, 2.05) is 0 Å². The highest BCUT2D eigenvalue weighted by molar-refractivity contribution is 5.85. The highest BCUT2D eigenvalue weighted by Crippen LogP contribution is 2.36. The molecule has 1 saturated heterocycles. The van der Waals surface area contributed by atoms with E-state index in [0.717, 1.165) is 32.2 Å². The molecule has 4 atom stereocenters. The fraction of sp³-hybridized carbons (Fsp3) is 0.933. The first-order chi connectivity index (χ1) is 8.95. The van der Waals surface area contributed by atoms with E-state index in [9.17, 15) is 4.79 Å². The van der Waals surface area contributed by atoms with Crippen molar-refractivity contribution >= 4 is 5.91 Å². The SMILES string of the molecule is CC1CCCC(C)N1CCC1CCCC1(N)C(N)=O. The molecule has 1 amide bonds. The molecule has 4 unspecified atom stereocenters. The molecule has 4 nitrogen and oxygen atoms in total. The van der Waals surface area contributed by atoms with Gasteiger partial charge in [0.05, 0.1) is 5.54 Å². The van der Waals surface area contributed by atoms with Crippen LogP contribution in [0.3, 0.4) is 0 Å². The first kappa shape index (κ1) is 14.8. The van der Waals surface area contributed by atoms with Gasteiger partial charge < -0.3 is 11.5 Å². The minimum atomic E-state index is -0.748. The molecular formula is C15H29N3O. The van der Waals surface area contributed by atoms with Crippen LogP contribution in [0.5, 0.6) is 0 Å². The van der Waals surface area contributed by atoms with E-state index in [4.69, 9.17) is 11.5 Å². The third kappa shape index (κ3) is 2.95. The molecule has 0 spiro atoms. The van der Waals surface area contributed by atoms with Gasteiger partial charge in [0.15, 0.2) is 0 Å². The Morgan fingerprint density at radius 3 is 2.42 bits per heavy atom. The summed E-state index contributed by atoms with van der Waals surface area (Å²) < 4.78 is 0. The second-order valence-corrected chi connectivity index (χ2v) is 6.65. The number of hydrogen-bond acceptors (Lipinski definition) is 3. The van der Waals surface area contributed by atoms with Gasteiger partial charge in [-0.15, -0.1) is 0 Å². The second kappa shape index (κ2) is 5.80. The molecule has 2 fully saturated rings. The Bertz CT molecular complexity index is 323. The number of rotatable bonds is 4. The number of nitrogens with two attached hydrogens (primary N) is 2. The molecule has 2 aliphatic rings. The monoisotopic (exact) mass is 267 g/mol. The largest absolute Gasteiger partial charge is 0.368 e. The van der Waals surface area contributed by atoms with Crippen molar-refractivity contribution in [3.63, 3.8) is 0 Å². The van der Waals surface area contributed by atoms with Crippen LogP contribution in [-0.2, 0) is 4.79 Å². The Hall–Kier alpha value is -0.610. The molecule has 19 heavy (non-hydrogen) atoms. The Morgan fingerprint density at radius 2 is 1.84 bits per heavy atom. The molecule has 1 heterocycles. The summed E-state index contributed by atoms with van der Waals surface area (Å²) in [6, 6.07) is 1.32. The van der Waals surface area contributed by atoms with Crippen molar-refractivity contribution in [1.29, 1.82) is 0 Å². The smallest absolute Gasteiger partial charge is 0.237 e. The summed E-state index contributed by atoms with van der Waals surface area (Å²) >= 11 is 0. The van der Waals surface area contributed by atoms with E-state index in [-0.39, 0.29) is 11.8 Å². The lowest BCUT2D eigenvalue weighted by molar-refractivity contribution is -0.124. The lowest BCUT2D eigenvalue weighted by Gasteiger charge is -2.40. The predicted octanol–water partition coefficient (Wildman–Crippen LogP) is 1.62. The number of carbonyl (C=O) groups excluding carboxylic acids is 1. The summed E-state index contributed by atoms with van der Waals surface area (Å²) in [5.74, 6) is -0.0407. The van der Waals surface area contributed by atoms with Crippen LogP contribution in [-0.4, -0.2) is 35.0 Å². The summed E-state index contributed by atoms with van der Waals surface area (Å²) in [5, 5.41) is 0. The lowest BCUT2D eigenvalue weighted by atomic mass is 9.84. The predicted molar refractivity (Wildman–Crippen MR) is 77.6 cm³/mol. The molecule has 1 aliphatic carbocycles. The number of likely N-dealkylation sites (tertiary alicyclic amines) is 1. The van der Waals surface area contributed by atoms with E-state index in [1.165, 1.54) is 19.3 Å². The second-order valence-electron chi connectivity index (χ2n) is 6.65. The first-order valence-electron chi connectivity index (χ1n) is 7.79. The van der Waals surface area contributed by atoms with Gasteiger partial charge in [-0.25, -0.2) is 0 Å². The molecule has 0 radical (unpaired) electrons. The number of amides is 1. The molecule has 0 aromatic carbocycles. The Morgan fingerprint density at radius 1 is 1.21 bits per heavy atom. The van der Waals surface area contributed by atoms with Crippen molar-refractivity contribution < 1.29 is 4.79 Å². The van der Waals surface area contributed by atoms with Crippen molar-refractivity contribution in [3.05, 3.63) is 0 Å². The fourth-order valence-corrected chi connectivity index (χ4v) is 4.05. The zero-order valence-corrected chi connectivity index (χ0v) is 12.4. The summed E-state index contributed by atoms with van der Waals surface area (Å²) in [4.78, 5) is 14.2.